The van der Waals surface area contributed by atoms with Gasteiger partial charge in [-0.25, -0.2) is 5.01 Å². The van der Waals surface area contributed by atoms with Gasteiger partial charge in [0.25, 0.3) is 0 Å². The molecule has 1 unspecified atom stereocenters. The van der Waals surface area contributed by atoms with Gasteiger partial charge in [0.05, 0.1) is 11.8 Å². The van der Waals surface area contributed by atoms with E-state index in [-0.39, 0.29) is 18.7 Å². The lowest BCUT2D eigenvalue weighted by molar-refractivity contribution is -0.114. The van der Waals surface area contributed by atoms with Crippen LogP contribution in [0.25, 0.3) is 0 Å². The van der Waals surface area contributed by atoms with E-state index >= 15 is 0 Å². The Labute approximate surface area is 189 Å². The minimum Gasteiger partial charge on any atom is -0.454 e. The molecule has 2 aromatic carbocycles. The number of amides is 1. The summed E-state index contributed by atoms with van der Waals surface area (Å²) in [6.45, 7) is 7.77. The molecule has 1 amide bonds. The zero-order valence-corrected chi connectivity index (χ0v) is 19.1. The summed E-state index contributed by atoms with van der Waals surface area (Å²) in [6.07, 6.45) is 0.764. The smallest absolute Gasteiger partial charge is 0.231 e. The summed E-state index contributed by atoms with van der Waals surface area (Å²) in [5, 5.41) is 20.1. The van der Waals surface area contributed by atoms with Gasteiger partial charge in [-0.05, 0) is 62.6 Å². The third-order valence-electron chi connectivity index (χ3n) is 5.52. The molecule has 0 fully saturated rings. The van der Waals surface area contributed by atoms with Crippen LogP contribution in [0.3, 0.4) is 0 Å². The minimum absolute atomic E-state index is 0.0683. The molecular weight excluding hydrogens is 426 g/mol. The van der Waals surface area contributed by atoms with E-state index in [1.165, 1.54) is 18.3 Å². The number of fused-ring (bicyclic) bond motifs is 2. The van der Waals surface area contributed by atoms with Gasteiger partial charge in [0.15, 0.2) is 11.5 Å². The Hall–Kier alpha value is -3.46. The van der Waals surface area contributed by atoms with Crippen molar-refractivity contribution in [1.29, 1.82) is 0 Å². The number of carbonyl (C=O) groups is 1. The van der Waals surface area contributed by atoms with Crippen LogP contribution in [0.2, 0.25) is 0 Å². The average Bonchev–Trinajstić information content (AvgIpc) is 3.35. The van der Waals surface area contributed by atoms with Gasteiger partial charge >= 0.3 is 0 Å². The standard InChI is InChI=1S/C23H23N5O3S/c1-12-7-16(5-6-19(12)24-14(3)29)22-18-10-21-20(30-11-31-21)9-17(18)8-13(2)28(27-22)23-26-25-15(4)32-23/h5-7,9-10,13H,8,11H2,1-4H3,(H,24,29). The molecule has 2 aliphatic rings. The number of nitrogens with one attached hydrogen (secondary N) is 1. The van der Waals surface area contributed by atoms with Crippen molar-refractivity contribution in [3.63, 3.8) is 0 Å². The molecule has 0 bridgehead atoms. The maximum atomic E-state index is 11.5. The summed E-state index contributed by atoms with van der Waals surface area (Å²) >= 11 is 1.52. The maximum absolute atomic E-state index is 11.5. The summed E-state index contributed by atoms with van der Waals surface area (Å²) in [7, 11) is 0. The molecule has 1 atom stereocenters. The van der Waals surface area contributed by atoms with Crippen molar-refractivity contribution in [3.05, 3.63) is 57.6 Å². The number of ether oxygens (including phenoxy) is 2. The minimum atomic E-state index is -0.0997. The second kappa shape index (κ2) is 7.90. The molecule has 0 saturated carbocycles. The summed E-state index contributed by atoms with van der Waals surface area (Å²) in [5.74, 6) is 1.38. The molecule has 1 aromatic heterocycles. The first-order chi connectivity index (χ1) is 15.4. The van der Waals surface area contributed by atoms with E-state index in [9.17, 15) is 4.79 Å². The molecule has 1 N–H and O–H groups in total. The first kappa shape index (κ1) is 20.4. The highest BCUT2D eigenvalue weighted by Crippen LogP contribution is 2.38. The fourth-order valence-electron chi connectivity index (χ4n) is 4.00. The Morgan fingerprint density at radius 1 is 1.16 bits per heavy atom. The Morgan fingerprint density at radius 3 is 2.62 bits per heavy atom. The zero-order chi connectivity index (χ0) is 22.4. The van der Waals surface area contributed by atoms with Crippen molar-refractivity contribution in [2.75, 3.05) is 17.1 Å². The fourth-order valence-corrected chi connectivity index (χ4v) is 4.74. The number of benzene rings is 2. The second-order valence-corrected chi connectivity index (χ2v) is 9.18. The number of carbonyl (C=O) groups excluding carboxylic acids is 1. The number of aromatic nitrogens is 2. The lowest BCUT2D eigenvalue weighted by atomic mass is 9.93. The average molecular weight is 450 g/mol. The van der Waals surface area contributed by atoms with Gasteiger partial charge in [0.2, 0.25) is 17.8 Å². The SMILES string of the molecule is CC(=O)Nc1ccc(C2=NN(c3nnc(C)s3)C(C)Cc3cc4c(cc32)OCO4)cc1C. The van der Waals surface area contributed by atoms with Crippen LogP contribution in [-0.2, 0) is 11.2 Å². The molecule has 3 aromatic rings. The highest BCUT2D eigenvalue weighted by molar-refractivity contribution is 7.15. The molecule has 9 heteroatoms. The Morgan fingerprint density at radius 2 is 1.94 bits per heavy atom. The largest absolute Gasteiger partial charge is 0.454 e. The van der Waals surface area contributed by atoms with E-state index in [4.69, 9.17) is 14.6 Å². The number of hydrogen-bond acceptors (Lipinski definition) is 8. The highest BCUT2D eigenvalue weighted by atomic mass is 32.1. The van der Waals surface area contributed by atoms with E-state index in [0.717, 1.165) is 61.7 Å². The molecule has 0 saturated heterocycles. The number of rotatable bonds is 3. The van der Waals surface area contributed by atoms with Crippen LogP contribution in [0, 0.1) is 13.8 Å². The van der Waals surface area contributed by atoms with Crippen LogP contribution >= 0.6 is 11.3 Å². The summed E-state index contributed by atoms with van der Waals surface area (Å²) in [4.78, 5) is 11.5. The molecule has 2 aliphatic heterocycles. The van der Waals surface area contributed by atoms with Gasteiger partial charge in [-0.2, -0.15) is 5.10 Å². The summed E-state index contributed by atoms with van der Waals surface area (Å²) in [5.41, 5.74) is 5.62. The number of nitrogens with zero attached hydrogens (tertiary/aromatic N) is 4. The predicted molar refractivity (Wildman–Crippen MR) is 124 cm³/mol. The molecule has 32 heavy (non-hydrogen) atoms. The van der Waals surface area contributed by atoms with Gasteiger partial charge in [0, 0.05) is 23.7 Å². The van der Waals surface area contributed by atoms with E-state index < -0.39 is 0 Å². The molecule has 5 rings (SSSR count). The van der Waals surface area contributed by atoms with Crippen molar-refractivity contribution in [2.45, 2.75) is 40.2 Å². The molecule has 0 radical (unpaired) electrons. The quantitative estimate of drug-likeness (QED) is 0.649. The lowest BCUT2D eigenvalue weighted by Crippen LogP contribution is -2.29. The van der Waals surface area contributed by atoms with Crippen LogP contribution < -0.4 is 19.8 Å². The number of aryl methyl sites for hydroxylation is 2. The van der Waals surface area contributed by atoms with E-state index in [1.54, 1.807) is 0 Å². The summed E-state index contributed by atoms with van der Waals surface area (Å²) < 4.78 is 11.3. The Kier molecular flexibility index (Phi) is 5.05. The van der Waals surface area contributed by atoms with Crippen LogP contribution in [0.4, 0.5) is 10.8 Å². The maximum Gasteiger partial charge on any atom is 0.231 e. The van der Waals surface area contributed by atoms with Crippen molar-refractivity contribution in [1.82, 2.24) is 10.2 Å². The van der Waals surface area contributed by atoms with Crippen LogP contribution in [0.5, 0.6) is 11.5 Å². The van der Waals surface area contributed by atoms with Gasteiger partial charge in [-0.15, -0.1) is 10.2 Å². The van der Waals surface area contributed by atoms with Crippen molar-refractivity contribution < 1.29 is 14.3 Å². The highest BCUT2D eigenvalue weighted by Gasteiger charge is 2.29. The zero-order valence-electron chi connectivity index (χ0n) is 18.3. The lowest BCUT2D eigenvalue weighted by Gasteiger charge is -2.22. The molecule has 0 spiro atoms. The van der Waals surface area contributed by atoms with Gasteiger partial charge < -0.3 is 14.8 Å². The Bertz CT molecular complexity index is 1250. The van der Waals surface area contributed by atoms with Crippen LogP contribution in [0.15, 0.2) is 35.4 Å². The van der Waals surface area contributed by atoms with Crippen LogP contribution in [-0.4, -0.2) is 34.7 Å². The van der Waals surface area contributed by atoms with E-state index in [1.807, 2.05) is 43.1 Å². The molecular formula is C23H23N5O3S. The first-order valence-electron chi connectivity index (χ1n) is 10.4. The monoisotopic (exact) mass is 449 g/mol. The van der Waals surface area contributed by atoms with Crippen molar-refractivity contribution >= 4 is 33.8 Å². The summed E-state index contributed by atoms with van der Waals surface area (Å²) in [6, 6.07) is 10.1. The topological polar surface area (TPSA) is 88.9 Å². The third-order valence-corrected chi connectivity index (χ3v) is 6.34. The number of hydrogen-bond donors (Lipinski definition) is 1. The van der Waals surface area contributed by atoms with Gasteiger partial charge in [0.1, 0.15) is 5.01 Å². The molecule has 3 heterocycles. The normalized spacial score (nSPS) is 16.9. The van der Waals surface area contributed by atoms with Gasteiger partial charge in [-0.3, -0.25) is 4.79 Å². The van der Waals surface area contributed by atoms with Crippen LogP contribution in [0.1, 0.15) is 41.1 Å². The fraction of sp³-hybridized carbons (Fsp3) is 0.304. The number of anilines is 2. The van der Waals surface area contributed by atoms with Crippen molar-refractivity contribution in [3.8, 4) is 11.5 Å². The van der Waals surface area contributed by atoms with E-state index in [2.05, 4.69) is 28.5 Å². The molecule has 8 nitrogen and oxygen atoms in total. The Balaban J connectivity index is 1.67. The van der Waals surface area contributed by atoms with Gasteiger partial charge in [-0.1, -0.05) is 17.4 Å². The first-order valence-corrected chi connectivity index (χ1v) is 11.2. The number of hydrazone groups is 1. The predicted octanol–water partition coefficient (Wildman–Crippen LogP) is 4.05. The molecule has 164 valence electrons. The molecule has 0 aliphatic carbocycles. The van der Waals surface area contributed by atoms with Crippen molar-refractivity contribution in [2.24, 2.45) is 5.10 Å². The third kappa shape index (κ3) is 3.69. The second-order valence-electron chi connectivity index (χ2n) is 8.02. The van der Waals surface area contributed by atoms with E-state index in [0.29, 0.717) is 0 Å².